The Bertz CT molecular complexity index is 6.85. The van der Waals surface area contributed by atoms with Crippen LogP contribution in [0.1, 0.15) is 0 Å². The summed E-state index contributed by atoms with van der Waals surface area (Å²) in [4.78, 5) is 0. The summed E-state index contributed by atoms with van der Waals surface area (Å²) in [7, 11) is 0. The van der Waals surface area contributed by atoms with Crippen LogP contribution in [-0.4, -0.2) is 16.4 Å². The largest absolute Gasteiger partial charge is 3.00 e. The molecule has 0 heterocycles. The second-order valence-electron chi connectivity index (χ2n) is 0. The van der Waals surface area contributed by atoms with E-state index in [-0.39, 0.29) is 64.4 Å². The minimum atomic E-state index is 0. The molecule has 0 atom stereocenters. The molecule has 0 aromatic rings. The van der Waals surface area contributed by atoms with Crippen LogP contribution in [0, 0.1) is 35.6 Å². The maximum Gasteiger partial charge on any atom is 3.00 e. The van der Waals surface area contributed by atoms with E-state index in [9.17, 15) is 0 Å². The van der Waals surface area contributed by atoms with E-state index in [1.54, 1.807) is 0 Å². The van der Waals surface area contributed by atoms with Gasteiger partial charge in [-0.25, -0.2) is 0 Å². The van der Waals surface area contributed by atoms with Crippen LogP contribution in [0.4, 0.5) is 0 Å². The minimum absolute atomic E-state index is 0. The molecule has 5 heteroatoms. The van der Waals surface area contributed by atoms with E-state index in [2.05, 4.69) is 0 Å². The summed E-state index contributed by atoms with van der Waals surface area (Å²) in [5, 5.41) is 0. The zero-order valence-electron chi connectivity index (χ0n) is 2.46. The molecule has 0 bridgehead atoms. The van der Waals surface area contributed by atoms with Gasteiger partial charge in [-0.1, -0.05) is 0 Å². The van der Waals surface area contributed by atoms with Crippen LogP contribution in [0.3, 0.4) is 0 Å². The summed E-state index contributed by atoms with van der Waals surface area (Å²) in [6.07, 6.45) is 0. The van der Waals surface area contributed by atoms with Gasteiger partial charge in [-0.2, -0.15) is 0 Å². The van der Waals surface area contributed by atoms with Crippen molar-refractivity contribution in [3.63, 3.8) is 0 Å². The van der Waals surface area contributed by atoms with Gasteiger partial charge in [0.25, 0.3) is 0 Å². The molecule has 0 unspecified atom stereocenters. The van der Waals surface area contributed by atoms with E-state index in [1.165, 1.54) is 0 Å². The first kappa shape index (κ1) is 98.3. The Labute approximate surface area is 64.1 Å². The van der Waals surface area contributed by atoms with Crippen molar-refractivity contribution in [3.05, 3.63) is 0 Å². The molecular formula is H6ClLaO3+2. The smallest absolute Gasteiger partial charge is 1.00 e. The first-order valence-electron chi connectivity index (χ1n) is 0. The van der Waals surface area contributed by atoms with Gasteiger partial charge in [-0.05, 0) is 0 Å². The average Bonchev–Trinajstić information content (AvgIpc) is 0. The molecule has 0 saturated heterocycles. The fourth-order valence-corrected chi connectivity index (χ4v) is 0. The summed E-state index contributed by atoms with van der Waals surface area (Å²) < 4.78 is 0. The second kappa shape index (κ2) is 54.9. The third kappa shape index (κ3) is 32.6. The van der Waals surface area contributed by atoms with Gasteiger partial charge in [0.2, 0.25) is 0 Å². The normalized spacial score (nSPS) is 0. The van der Waals surface area contributed by atoms with E-state index < -0.39 is 0 Å². The van der Waals surface area contributed by atoms with Crippen LogP contribution in [0.15, 0.2) is 0 Å². The number of halogens is 1. The van der Waals surface area contributed by atoms with Crippen molar-refractivity contribution in [3.8, 4) is 0 Å². The first-order valence-corrected chi connectivity index (χ1v) is 0. The molecule has 0 saturated carbocycles. The first-order chi connectivity index (χ1) is 0. The van der Waals surface area contributed by atoms with E-state index in [0.717, 1.165) is 0 Å². The average molecular weight is 228 g/mol. The van der Waals surface area contributed by atoms with Gasteiger partial charge in [0, 0.05) is 0 Å². The van der Waals surface area contributed by atoms with E-state index in [4.69, 9.17) is 0 Å². The second-order valence-corrected chi connectivity index (χ2v) is 0. The Balaban J connectivity index is 0. The molecule has 0 aliphatic heterocycles. The van der Waals surface area contributed by atoms with Crippen molar-refractivity contribution in [1.82, 2.24) is 0 Å². The number of hydrogen-bond donors (Lipinski definition) is 0. The molecule has 0 aliphatic rings. The van der Waals surface area contributed by atoms with Gasteiger partial charge in [-0.3, -0.25) is 0 Å². The topological polar surface area (TPSA) is 94.5 Å². The Hall–Kier alpha value is 1.36. The molecule has 0 spiro atoms. The van der Waals surface area contributed by atoms with E-state index >= 15 is 0 Å². The Kier molecular flexibility index (Phi) is 1080. The summed E-state index contributed by atoms with van der Waals surface area (Å²) in [6.45, 7) is 0. The van der Waals surface area contributed by atoms with Crippen LogP contribution in [0.2, 0.25) is 0 Å². The summed E-state index contributed by atoms with van der Waals surface area (Å²) in [5.41, 5.74) is 0. The Morgan fingerprint density at radius 2 is 0.600 bits per heavy atom. The van der Waals surface area contributed by atoms with Crippen molar-refractivity contribution < 1.29 is 64.4 Å². The third-order valence-corrected chi connectivity index (χ3v) is 0. The Morgan fingerprint density at radius 3 is 0.600 bits per heavy atom. The van der Waals surface area contributed by atoms with E-state index in [1.807, 2.05) is 0 Å². The van der Waals surface area contributed by atoms with Crippen LogP contribution in [0.25, 0.3) is 0 Å². The summed E-state index contributed by atoms with van der Waals surface area (Å²) in [6, 6.07) is 0. The molecular weight excluding hydrogens is 222 g/mol. The quantitative estimate of drug-likeness (QED) is 0.396. The van der Waals surface area contributed by atoms with Crippen LogP contribution >= 0.6 is 0 Å². The van der Waals surface area contributed by atoms with Gasteiger partial charge in [0.05, 0.1) is 0 Å². The van der Waals surface area contributed by atoms with Gasteiger partial charge in [-0.15, -0.1) is 0 Å². The number of hydrogen-bond acceptors (Lipinski definition) is 0. The summed E-state index contributed by atoms with van der Waals surface area (Å²) >= 11 is 0. The fourth-order valence-electron chi connectivity index (χ4n) is 0. The predicted octanol–water partition coefficient (Wildman–Crippen LogP) is -5.47. The molecule has 5 heavy (non-hydrogen) atoms. The molecule has 0 rings (SSSR count). The predicted molar refractivity (Wildman–Crippen MR) is 10.8 cm³/mol. The van der Waals surface area contributed by atoms with Gasteiger partial charge < -0.3 is 28.8 Å². The van der Waals surface area contributed by atoms with Gasteiger partial charge >= 0.3 is 35.6 Å². The van der Waals surface area contributed by atoms with Crippen LogP contribution in [0.5, 0.6) is 0 Å². The third-order valence-electron chi connectivity index (χ3n) is 0. The molecule has 0 aromatic carbocycles. The minimum Gasteiger partial charge on any atom is -1.00 e. The van der Waals surface area contributed by atoms with Crippen LogP contribution in [-0.2, 0) is 0 Å². The van der Waals surface area contributed by atoms with Gasteiger partial charge in [0.15, 0.2) is 0 Å². The van der Waals surface area contributed by atoms with Crippen LogP contribution < -0.4 is 12.4 Å². The molecule has 0 fully saturated rings. The maximum atomic E-state index is 0. The summed E-state index contributed by atoms with van der Waals surface area (Å²) in [5.74, 6) is 0. The van der Waals surface area contributed by atoms with Gasteiger partial charge in [0.1, 0.15) is 0 Å². The van der Waals surface area contributed by atoms with Crippen molar-refractivity contribution in [2.24, 2.45) is 0 Å². The fraction of sp³-hybridized carbons (Fsp3) is 0. The van der Waals surface area contributed by atoms with Crippen molar-refractivity contribution in [2.75, 3.05) is 0 Å². The molecule has 0 aliphatic carbocycles. The Morgan fingerprint density at radius 1 is 0.600 bits per heavy atom. The zero-order valence-corrected chi connectivity index (χ0v) is 6.84. The zero-order chi connectivity index (χ0) is 0. The van der Waals surface area contributed by atoms with Crippen molar-refractivity contribution in [1.29, 1.82) is 0 Å². The van der Waals surface area contributed by atoms with Crippen molar-refractivity contribution in [2.45, 2.75) is 0 Å². The molecule has 32 valence electrons. The molecule has 0 radical (unpaired) electrons. The van der Waals surface area contributed by atoms with Crippen molar-refractivity contribution >= 4 is 0 Å². The standard InChI is InChI=1S/ClH.La.3H2O/h1H;;3*1H2/q;+3;;;/p-1. The van der Waals surface area contributed by atoms with E-state index in [0.29, 0.717) is 0 Å². The maximum absolute atomic E-state index is 0. The molecule has 0 aromatic heterocycles. The molecule has 0 amide bonds. The monoisotopic (exact) mass is 228 g/mol. The molecule has 6 N–H and O–H groups in total. The number of rotatable bonds is 0. The molecule has 3 nitrogen and oxygen atoms in total. The SMILES string of the molecule is O.O.O.[Cl-].[La+3].